The van der Waals surface area contributed by atoms with Gasteiger partial charge in [0.15, 0.2) is 0 Å². The summed E-state index contributed by atoms with van der Waals surface area (Å²) >= 11 is 2.05. The first-order valence-corrected chi connectivity index (χ1v) is 7.93. The van der Waals surface area contributed by atoms with Gasteiger partial charge in [-0.1, -0.05) is 13.0 Å². The van der Waals surface area contributed by atoms with Crippen LogP contribution >= 0.6 is 11.8 Å². The van der Waals surface area contributed by atoms with Gasteiger partial charge in [-0.2, -0.15) is 11.8 Å². The van der Waals surface area contributed by atoms with Crippen molar-refractivity contribution in [1.29, 1.82) is 0 Å². The molecule has 0 radical (unpaired) electrons. The lowest BCUT2D eigenvalue weighted by molar-refractivity contribution is 0.656. The van der Waals surface area contributed by atoms with Gasteiger partial charge in [-0.25, -0.2) is 4.98 Å². The highest BCUT2D eigenvalue weighted by Crippen LogP contribution is 2.26. The van der Waals surface area contributed by atoms with Crippen LogP contribution in [-0.2, 0) is 6.54 Å². The van der Waals surface area contributed by atoms with E-state index >= 15 is 0 Å². The number of hydrogen-bond donors (Lipinski definition) is 1. The van der Waals surface area contributed by atoms with Crippen molar-refractivity contribution in [3.05, 3.63) is 23.9 Å². The highest BCUT2D eigenvalue weighted by atomic mass is 32.2. The van der Waals surface area contributed by atoms with Crippen molar-refractivity contribution in [2.75, 3.05) is 30.0 Å². The van der Waals surface area contributed by atoms with E-state index in [1.807, 2.05) is 24.0 Å². The summed E-state index contributed by atoms with van der Waals surface area (Å²) in [7, 11) is 2.18. The smallest absolute Gasteiger partial charge is 0.133 e. The summed E-state index contributed by atoms with van der Waals surface area (Å²) in [6.45, 7) is 4.18. The Morgan fingerprint density at radius 3 is 3.17 bits per heavy atom. The zero-order valence-electron chi connectivity index (χ0n) is 11.4. The maximum absolute atomic E-state index is 4.58. The Kier molecular flexibility index (Phi) is 5.32. The predicted molar refractivity (Wildman–Crippen MR) is 80.4 cm³/mol. The van der Waals surface area contributed by atoms with Crippen LogP contribution in [0.3, 0.4) is 0 Å². The summed E-state index contributed by atoms with van der Waals surface area (Å²) in [5.74, 6) is 3.66. The first kappa shape index (κ1) is 13.7. The number of nitrogens with zero attached hydrogens (tertiary/aromatic N) is 2. The molecule has 0 spiro atoms. The number of rotatable bonds is 6. The fraction of sp³-hybridized carbons (Fsp3) is 0.643. The van der Waals surface area contributed by atoms with Crippen molar-refractivity contribution in [2.24, 2.45) is 0 Å². The lowest BCUT2D eigenvalue weighted by Gasteiger charge is -2.27. The normalized spacial score (nSPS) is 19.1. The zero-order valence-corrected chi connectivity index (χ0v) is 12.2. The lowest BCUT2D eigenvalue weighted by atomic mass is 10.2. The zero-order chi connectivity index (χ0) is 12.8. The van der Waals surface area contributed by atoms with Crippen LogP contribution in [0.1, 0.15) is 25.3 Å². The summed E-state index contributed by atoms with van der Waals surface area (Å²) < 4.78 is 0. The van der Waals surface area contributed by atoms with Gasteiger partial charge in [0.1, 0.15) is 5.82 Å². The number of aromatic nitrogens is 1. The second-order valence-corrected chi connectivity index (χ2v) is 5.94. The third-order valence-corrected chi connectivity index (χ3v) is 4.54. The molecule has 1 aliphatic rings. The molecule has 1 N–H and O–H groups in total. The minimum atomic E-state index is 0.648. The number of hydrogen-bond acceptors (Lipinski definition) is 4. The fourth-order valence-electron chi connectivity index (χ4n) is 2.29. The fourth-order valence-corrected chi connectivity index (χ4v) is 3.55. The molecule has 0 aliphatic carbocycles. The van der Waals surface area contributed by atoms with E-state index in [9.17, 15) is 0 Å². The van der Waals surface area contributed by atoms with Gasteiger partial charge in [0.25, 0.3) is 0 Å². The molecular weight excluding hydrogens is 242 g/mol. The second kappa shape index (κ2) is 7.00. The lowest BCUT2D eigenvalue weighted by Crippen LogP contribution is -2.33. The third kappa shape index (κ3) is 3.39. The van der Waals surface area contributed by atoms with Gasteiger partial charge in [-0.3, -0.25) is 0 Å². The molecule has 1 aliphatic heterocycles. The minimum Gasteiger partial charge on any atom is -0.356 e. The van der Waals surface area contributed by atoms with Crippen molar-refractivity contribution >= 4 is 17.6 Å². The molecule has 1 aromatic rings. The van der Waals surface area contributed by atoms with Gasteiger partial charge in [0.05, 0.1) is 0 Å². The third-order valence-electron chi connectivity index (χ3n) is 3.40. The number of pyridine rings is 1. The van der Waals surface area contributed by atoms with Crippen molar-refractivity contribution in [3.8, 4) is 0 Å². The molecule has 18 heavy (non-hydrogen) atoms. The summed E-state index contributed by atoms with van der Waals surface area (Å²) in [5.41, 5.74) is 1.31. The van der Waals surface area contributed by atoms with E-state index in [1.165, 1.54) is 29.9 Å². The van der Waals surface area contributed by atoms with Crippen LogP contribution in [0.5, 0.6) is 0 Å². The van der Waals surface area contributed by atoms with Crippen LogP contribution in [0.15, 0.2) is 18.3 Å². The van der Waals surface area contributed by atoms with Crippen LogP contribution in [0.4, 0.5) is 5.82 Å². The molecule has 0 saturated carbocycles. The average molecular weight is 265 g/mol. The van der Waals surface area contributed by atoms with Crippen LogP contribution in [0.2, 0.25) is 0 Å². The highest BCUT2D eigenvalue weighted by molar-refractivity contribution is 7.99. The maximum atomic E-state index is 4.58. The van der Waals surface area contributed by atoms with Gasteiger partial charge in [0, 0.05) is 37.1 Å². The van der Waals surface area contributed by atoms with Crippen molar-refractivity contribution in [2.45, 2.75) is 32.4 Å². The van der Waals surface area contributed by atoms with Crippen LogP contribution < -0.4 is 10.2 Å². The molecule has 1 atom stereocenters. The summed E-state index contributed by atoms with van der Waals surface area (Å²) in [4.78, 5) is 6.94. The highest BCUT2D eigenvalue weighted by Gasteiger charge is 2.22. The van der Waals surface area contributed by atoms with E-state index in [0.29, 0.717) is 6.04 Å². The molecule has 1 aromatic heterocycles. The van der Waals surface area contributed by atoms with Crippen LogP contribution in [0.25, 0.3) is 0 Å². The van der Waals surface area contributed by atoms with E-state index in [4.69, 9.17) is 0 Å². The molecule has 2 heterocycles. The van der Waals surface area contributed by atoms with E-state index in [-0.39, 0.29) is 0 Å². The first-order chi connectivity index (χ1) is 8.83. The quantitative estimate of drug-likeness (QED) is 0.800. The molecule has 1 unspecified atom stereocenters. The van der Waals surface area contributed by atoms with E-state index in [1.54, 1.807) is 0 Å². The minimum absolute atomic E-state index is 0.648. The standard InChI is InChI=1S/C14H23N3S/c1-3-7-15-10-12-5-4-8-16-14(12)17(2)13-6-9-18-11-13/h4-5,8,13,15H,3,6-7,9-11H2,1-2H3. The molecular formula is C14H23N3S. The van der Waals surface area contributed by atoms with Gasteiger partial charge in [-0.15, -0.1) is 0 Å². The Labute approximate surface area is 114 Å². The Bertz CT molecular complexity index is 364. The van der Waals surface area contributed by atoms with Crippen molar-refractivity contribution < 1.29 is 0 Å². The van der Waals surface area contributed by atoms with E-state index < -0.39 is 0 Å². The maximum Gasteiger partial charge on any atom is 0.133 e. The predicted octanol–water partition coefficient (Wildman–Crippen LogP) is 2.52. The van der Waals surface area contributed by atoms with E-state index in [0.717, 1.165) is 18.9 Å². The molecule has 100 valence electrons. The molecule has 0 bridgehead atoms. The van der Waals surface area contributed by atoms with Crippen molar-refractivity contribution in [1.82, 2.24) is 10.3 Å². The van der Waals surface area contributed by atoms with E-state index in [2.05, 4.69) is 35.2 Å². The number of anilines is 1. The molecule has 1 saturated heterocycles. The summed E-state index contributed by atoms with van der Waals surface area (Å²) in [6, 6.07) is 4.86. The molecule has 0 amide bonds. The average Bonchev–Trinajstić information content (AvgIpc) is 2.93. The molecule has 2 rings (SSSR count). The first-order valence-electron chi connectivity index (χ1n) is 6.78. The van der Waals surface area contributed by atoms with Crippen LogP contribution in [-0.4, -0.2) is 36.1 Å². The van der Waals surface area contributed by atoms with Gasteiger partial charge < -0.3 is 10.2 Å². The summed E-state index contributed by atoms with van der Waals surface area (Å²) in [6.07, 6.45) is 4.35. The molecule has 0 aromatic carbocycles. The van der Waals surface area contributed by atoms with Gasteiger partial charge in [0.2, 0.25) is 0 Å². The van der Waals surface area contributed by atoms with Gasteiger partial charge in [-0.05, 0) is 31.2 Å². The second-order valence-electron chi connectivity index (χ2n) is 4.79. The monoisotopic (exact) mass is 265 g/mol. The number of thioether (sulfide) groups is 1. The Morgan fingerprint density at radius 2 is 2.44 bits per heavy atom. The molecule has 3 nitrogen and oxygen atoms in total. The summed E-state index contributed by atoms with van der Waals surface area (Å²) in [5, 5.41) is 3.47. The Balaban J connectivity index is 2.05. The molecule has 4 heteroatoms. The topological polar surface area (TPSA) is 28.2 Å². The Hall–Kier alpha value is -0.740. The Morgan fingerprint density at radius 1 is 1.56 bits per heavy atom. The number of nitrogens with one attached hydrogen (secondary N) is 1. The SMILES string of the molecule is CCCNCc1cccnc1N(C)C1CCSC1. The van der Waals surface area contributed by atoms with Gasteiger partial charge >= 0.3 is 0 Å². The largest absolute Gasteiger partial charge is 0.356 e. The van der Waals surface area contributed by atoms with Crippen LogP contribution in [0, 0.1) is 0 Å². The molecule has 1 fully saturated rings. The van der Waals surface area contributed by atoms with Crippen molar-refractivity contribution in [3.63, 3.8) is 0 Å².